The van der Waals surface area contributed by atoms with Crippen molar-refractivity contribution in [2.24, 2.45) is 5.92 Å². The quantitative estimate of drug-likeness (QED) is 0.150. The first-order chi connectivity index (χ1) is 21.5. The van der Waals surface area contributed by atoms with Crippen LogP contribution in [-0.2, 0) is 11.3 Å². The summed E-state index contributed by atoms with van der Waals surface area (Å²) in [5.74, 6) is -0.720. The van der Waals surface area contributed by atoms with Crippen molar-refractivity contribution in [3.63, 3.8) is 0 Å². The third-order valence-electron chi connectivity index (χ3n) is 7.74. The van der Waals surface area contributed by atoms with E-state index in [-0.39, 0.29) is 11.7 Å². The fraction of sp³-hybridized carbons (Fsp3) is 0.303. The highest BCUT2D eigenvalue weighted by Gasteiger charge is 2.26. The summed E-state index contributed by atoms with van der Waals surface area (Å²) in [6, 6.07) is 21.3. The molecule has 2 N–H and O–H groups in total. The van der Waals surface area contributed by atoms with E-state index in [9.17, 15) is 13.6 Å². The SMILES string of the molecule is O=C(c1cccc(CN2CCOCC2)c1)C1CCN(Sc2ccc(Nc3nccc(Nc4ccc(F)c(F)c4)n3)cc2)CC1. The predicted octanol–water partition coefficient (Wildman–Crippen LogP) is 6.68. The number of morpholine rings is 1. The van der Waals surface area contributed by atoms with E-state index >= 15 is 0 Å². The first-order valence-electron chi connectivity index (χ1n) is 14.8. The van der Waals surface area contributed by atoms with Crippen LogP contribution in [0, 0.1) is 17.6 Å². The molecule has 11 heteroatoms. The molecule has 3 heterocycles. The number of anilines is 4. The Bertz CT molecular complexity index is 1580. The van der Waals surface area contributed by atoms with Crippen LogP contribution < -0.4 is 10.6 Å². The maximum Gasteiger partial charge on any atom is 0.229 e. The number of nitrogens with one attached hydrogen (secondary N) is 2. The molecule has 0 saturated carbocycles. The molecule has 4 aromatic rings. The lowest BCUT2D eigenvalue weighted by Gasteiger charge is -2.30. The Balaban J connectivity index is 0.979. The second-order valence-electron chi connectivity index (χ2n) is 10.9. The molecule has 0 unspecified atom stereocenters. The Morgan fingerprint density at radius 2 is 1.66 bits per heavy atom. The maximum atomic E-state index is 13.5. The van der Waals surface area contributed by atoms with Crippen LogP contribution in [0.4, 0.5) is 31.9 Å². The molecule has 1 aromatic heterocycles. The molecule has 6 rings (SSSR count). The summed E-state index contributed by atoms with van der Waals surface area (Å²) < 4.78 is 34.5. The molecule has 0 spiro atoms. The van der Waals surface area contributed by atoms with Crippen LogP contribution in [0.25, 0.3) is 0 Å². The van der Waals surface area contributed by atoms with E-state index in [0.717, 1.165) is 87.1 Å². The van der Waals surface area contributed by atoms with Gasteiger partial charge in [0.25, 0.3) is 0 Å². The molecule has 8 nitrogen and oxygen atoms in total. The van der Waals surface area contributed by atoms with E-state index in [2.05, 4.69) is 41.9 Å². The van der Waals surface area contributed by atoms with Gasteiger partial charge in [0, 0.05) is 72.7 Å². The highest BCUT2D eigenvalue weighted by Crippen LogP contribution is 2.31. The molecule has 228 valence electrons. The summed E-state index contributed by atoms with van der Waals surface area (Å²) in [6.45, 7) is 5.94. The Morgan fingerprint density at radius 1 is 0.886 bits per heavy atom. The number of Topliss-reactive ketones (excluding diaryl/α,β-unsaturated/α-hetero) is 1. The van der Waals surface area contributed by atoms with Crippen LogP contribution >= 0.6 is 11.9 Å². The minimum atomic E-state index is -0.931. The maximum absolute atomic E-state index is 13.5. The highest BCUT2D eigenvalue weighted by atomic mass is 32.2. The van der Waals surface area contributed by atoms with E-state index < -0.39 is 11.6 Å². The molecule has 0 atom stereocenters. The average Bonchev–Trinajstić information content (AvgIpc) is 3.05. The second-order valence-corrected chi connectivity index (χ2v) is 12.1. The van der Waals surface area contributed by atoms with Gasteiger partial charge in [0.15, 0.2) is 17.4 Å². The van der Waals surface area contributed by atoms with Gasteiger partial charge in [0.2, 0.25) is 5.95 Å². The van der Waals surface area contributed by atoms with Gasteiger partial charge in [-0.1, -0.05) is 18.2 Å². The number of aromatic nitrogens is 2. The fourth-order valence-corrected chi connectivity index (χ4v) is 6.32. The molecule has 44 heavy (non-hydrogen) atoms. The Labute approximate surface area is 260 Å². The van der Waals surface area contributed by atoms with Crippen LogP contribution in [0.1, 0.15) is 28.8 Å². The van der Waals surface area contributed by atoms with Gasteiger partial charge in [-0.3, -0.25) is 9.69 Å². The van der Waals surface area contributed by atoms with Crippen molar-refractivity contribution >= 4 is 40.9 Å². The van der Waals surface area contributed by atoms with Crippen molar-refractivity contribution in [3.05, 3.63) is 102 Å². The number of hydrogen-bond donors (Lipinski definition) is 2. The number of halogens is 2. The van der Waals surface area contributed by atoms with Gasteiger partial charge in [-0.25, -0.2) is 18.1 Å². The summed E-state index contributed by atoms with van der Waals surface area (Å²) in [6.07, 6.45) is 3.26. The molecule has 0 bridgehead atoms. The lowest BCUT2D eigenvalue weighted by molar-refractivity contribution is 0.0342. The zero-order valence-corrected chi connectivity index (χ0v) is 25.0. The van der Waals surface area contributed by atoms with Crippen LogP contribution in [0.3, 0.4) is 0 Å². The van der Waals surface area contributed by atoms with E-state index in [1.807, 2.05) is 36.4 Å². The van der Waals surface area contributed by atoms with Gasteiger partial charge in [-0.2, -0.15) is 4.98 Å². The van der Waals surface area contributed by atoms with Crippen molar-refractivity contribution < 1.29 is 18.3 Å². The van der Waals surface area contributed by atoms with Gasteiger partial charge in [0.05, 0.1) is 13.2 Å². The van der Waals surface area contributed by atoms with Gasteiger partial charge >= 0.3 is 0 Å². The number of carbonyl (C=O) groups is 1. The van der Waals surface area contributed by atoms with Crippen molar-refractivity contribution in [1.82, 2.24) is 19.2 Å². The lowest BCUT2D eigenvalue weighted by atomic mass is 9.89. The number of hydrogen-bond acceptors (Lipinski definition) is 9. The zero-order valence-electron chi connectivity index (χ0n) is 24.2. The number of ether oxygens (including phenoxy) is 1. The van der Waals surface area contributed by atoms with E-state index in [4.69, 9.17) is 4.74 Å². The molecule has 0 aliphatic carbocycles. The van der Waals surface area contributed by atoms with Crippen molar-refractivity contribution in [1.29, 1.82) is 0 Å². The Kier molecular flexibility index (Phi) is 9.76. The molecular weight excluding hydrogens is 582 g/mol. The number of piperidine rings is 1. The number of ketones is 1. The minimum Gasteiger partial charge on any atom is -0.379 e. The monoisotopic (exact) mass is 616 g/mol. The Hall–Kier alpha value is -3.90. The smallest absolute Gasteiger partial charge is 0.229 e. The lowest BCUT2D eigenvalue weighted by Crippen LogP contribution is -2.35. The molecule has 2 aliphatic rings. The molecule has 3 aromatic carbocycles. The third-order valence-corrected chi connectivity index (χ3v) is 8.84. The van der Waals surface area contributed by atoms with Gasteiger partial charge in [-0.05, 0) is 78.9 Å². The average molecular weight is 617 g/mol. The summed E-state index contributed by atoms with van der Waals surface area (Å²) >= 11 is 1.70. The van der Waals surface area contributed by atoms with E-state index in [1.54, 1.807) is 24.2 Å². The molecule has 2 fully saturated rings. The second kappa shape index (κ2) is 14.3. The zero-order chi connectivity index (χ0) is 30.3. The third kappa shape index (κ3) is 7.97. The minimum absolute atomic E-state index is 0.0457. The van der Waals surface area contributed by atoms with Gasteiger partial charge in [0.1, 0.15) is 5.82 Å². The first kappa shape index (κ1) is 30.1. The van der Waals surface area contributed by atoms with Crippen molar-refractivity contribution in [2.45, 2.75) is 24.3 Å². The fourth-order valence-electron chi connectivity index (χ4n) is 5.37. The highest BCUT2D eigenvalue weighted by molar-refractivity contribution is 7.97. The van der Waals surface area contributed by atoms with Crippen LogP contribution in [0.15, 0.2) is 83.9 Å². The van der Waals surface area contributed by atoms with Gasteiger partial charge in [-0.15, -0.1) is 0 Å². The summed E-state index contributed by atoms with van der Waals surface area (Å²) in [5, 5.41) is 6.13. The Morgan fingerprint density at radius 3 is 2.43 bits per heavy atom. The number of carbonyl (C=O) groups excluding carboxylic acids is 1. The van der Waals surface area contributed by atoms with Crippen molar-refractivity contribution in [3.8, 4) is 0 Å². The van der Waals surface area contributed by atoms with Crippen molar-refractivity contribution in [2.75, 3.05) is 50.0 Å². The van der Waals surface area contributed by atoms with Crippen LogP contribution in [0.2, 0.25) is 0 Å². The molecule has 0 radical (unpaired) electrons. The summed E-state index contributed by atoms with van der Waals surface area (Å²) in [7, 11) is 0. The predicted molar refractivity (Wildman–Crippen MR) is 168 cm³/mol. The van der Waals surface area contributed by atoms with Gasteiger partial charge < -0.3 is 15.4 Å². The summed E-state index contributed by atoms with van der Waals surface area (Å²) in [4.78, 5) is 25.5. The molecule has 2 aliphatic heterocycles. The van der Waals surface area contributed by atoms with Crippen LogP contribution in [0.5, 0.6) is 0 Å². The standard InChI is InChI=1S/C33H34F2N6O2S/c34-29-9-6-27(21-30(29)35)37-31-10-13-36-33(39-31)38-26-4-7-28(8-5-26)44-41-14-11-24(12-15-41)32(42)25-3-1-2-23(20-25)22-40-16-18-43-19-17-40/h1-10,13,20-21,24H,11-12,14-19,22H2,(H2,36,37,38,39). The molecular formula is C33H34F2N6O2S. The topological polar surface area (TPSA) is 82.6 Å². The molecule has 2 saturated heterocycles. The van der Waals surface area contributed by atoms with E-state index in [1.165, 1.54) is 11.6 Å². The normalized spacial score (nSPS) is 16.5. The number of rotatable bonds is 10. The largest absolute Gasteiger partial charge is 0.379 e. The molecule has 0 amide bonds. The van der Waals surface area contributed by atoms with E-state index in [0.29, 0.717) is 17.5 Å². The summed E-state index contributed by atoms with van der Waals surface area (Å²) in [5.41, 5.74) is 3.21. The van der Waals surface area contributed by atoms with Crippen LogP contribution in [-0.4, -0.2) is 64.3 Å². The first-order valence-corrected chi connectivity index (χ1v) is 15.5. The number of benzene rings is 3. The number of nitrogens with zero attached hydrogens (tertiary/aromatic N) is 4.